The first-order chi connectivity index (χ1) is 8.99. The Kier molecular flexibility index (Phi) is 3.46. The molecule has 0 aliphatic rings. The number of para-hydroxylation sites is 1. The van der Waals surface area contributed by atoms with Crippen molar-refractivity contribution < 1.29 is 13.6 Å². The molecule has 1 amide bonds. The third-order valence-electron chi connectivity index (χ3n) is 2.71. The standard InChI is InChI=1S/C14H12F2N2O/c1-8-5-6-9(17)7-10(8)14(19)18-13-11(15)3-2-4-12(13)16/h2-7H,17H2,1H3,(H,18,19). The van der Waals surface area contributed by atoms with Crippen LogP contribution in [0.1, 0.15) is 15.9 Å². The second kappa shape index (κ2) is 5.06. The van der Waals surface area contributed by atoms with Crippen LogP contribution in [0.25, 0.3) is 0 Å². The van der Waals surface area contributed by atoms with Gasteiger partial charge < -0.3 is 11.1 Å². The molecule has 2 rings (SSSR count). The number of halogens is 2. The van der Waals surface area contributed by atoms with E-state index in [0.29, 0.717) is 11.3 Å². The van der Waals surface area contributed by atoms with Crippen molar-refractivity contribution in [2.45, 2.75) is 6.92 Å². The number of rotatable bonds is 2. The van der Waals surface area contributed by atoms with E-state index in [-0.39, 0.29) is 5.56 Å². The van der Waals surface area contributed by atoms with Gasteiger partial charge in [0, 0.05) is 11.3 Å². The Balaban J connectivity index is 2.34. The van der Waals surface area contributed by atoms with Crippen LogP contribution in [0.4, 0.5) is 20.2 Å². The number of aryl methyl sites for hydroxylation is 1. The molecule has 0 fully saturated rings. The highest BCUT2D eigenvalue weighted by Crippen LogP contribution is 2.20. The fraction of sp³-hybridized carbons (Fsp3) is 0.0714. The van der Waals surface area contributed by atoms with Gasteiger partial charge in [0.1, 0.15) is 17.3 Å². The predicted octanol–water partition coefficient (Wildman–Crippen LogP) is 3.11. The third-order valence-corrected chi connectivity index (χ3v) is 2.71. The van der Waals surface area contributed by atoms with Crippen LogP contribution in [-0.2, 0) is 0 Å². The van der Waals surface area contributed by atoms with Crippen LogP contribution in [-0.4, -0.2) is 5.91 Å². The molecule has 19 heavy (non-hydrogen) atoms. The largest absolute Gasteiger partial charge is 0.399 e. The number of amides is 1. The van der Waals surface area contributed by atoms with Crippen LogP contribution >= 0.6 is 0 Å². The van der Waals surface area contributed by atoms with Crippen molar-refractivity contribution in [3.05, 3.63) is 59.2 Å². The lowest BCUT2D eigenvalue weighted by atomic mass is 10.1. The Morgan fingerprint density at radius 1 is 1.16 bits per heavy atom. The number of nitrogens with two attached hydrogens (primary N) is 1. The van der Waals surface area contributed by atoms with Gasteiger partial charge in [-0.15, -0.1) is 0 Å². The van der Waals surface area contributed by atoms with Crippen LogP contribution in [0.3, 0.4) is 0 Å². The SMILES string of the molecule is Cc1ccc(N)cc1C(=O)Nc1c(F)cccc1F. The summed E-state index contributed by atoms with van der Waals surface area (Å²) in [5.41, 5.74) is 6.48. The van der Waals surface area contributed by atoms with Crippen molar-refractivity contribution in [3.8, 4) is 0 Å². The molecule has 0 aliphatic carbocycles. The number of anilines is 2. The smallest absolute Gasteiger partial charge is 0.256 e. The average Bonchev–Trinajstić information content (AvgIpc) is 2.37. The van der Waals surface area contributed by atoms with E-state index in [4.69, 9.17) is 5.73 Å². The predicted molar refractivity (Wildman–Crippen MR) is 69.9 cm³/mol. The lowest BCUT2D eigenvalue weighted by molar-refractivity contribution is 0.102. The maximum atomic E-state index is 13.4. The molecule has 0 unspecified atom stereocenters. The van der Waals surface area contributed by atoms with Crippen molar-refractivity contribution >= 4 is 17.3 Å². The molecule has 0 spiro atoms. The first-order valence-corrected chi connectivity index (χ1v) is 5.60. The van der Waals surface area contributed by atoms with Crippen molar-refractivity contribution in [2.75, 3.05) is 11.1 Å². The summed E-state index contributed by atoms with van der Waals surface area (Å²) in [5, 5.41) is 2.22. The van der Waals surface area contributed by atoms with Gasteiger partial charge in [-0.25, -0.2) is 8.78 Å². The van der Waals surface area contributed by atoms with E-state index in [1.165, 1.54) is 12.1 Å². The van der Waals surface area contributed by atoms with E-state index in [1.54, 1.807) is 19.1 Å². The molecular weight excluding hydrogens is 250 g/mol. The number of carbonyl (C=O) groups excluding carboxylic acids is 1. The summed E-state index contributed by atoms with van der Waals surface area (Å²) in [6.45, 7) is 1.71. The zero-order valence-corrected chi connectivity index (χ0v) is 10.2. The number of benzene rings is 2. The summed E-state index contributed by atoms with van der Waals surface area (Å²) in [5.74, 6) is -2.25. The van der Waals surface area contributed by atoms with Gasteiger partial charge in [0.15, 0.2) is 0 Å². The van der Waals surface area contributed by atoms with Gasteiger partial charge in [0.05, 0.1) is 0 Å². The molecule has 0 bridgehead atoms. The third kappa shape index (κ3) is 2.70. The number of nitrogen functional groups attached to an aromatic ring is 1. The summed E-state index contributed by atoms with van der Waals surface area (Å²) in [6.07, 6.45) is 0. The van der Waals surface area contributed by atoms with Gasteiger partial charge in [-0.2, -0.15) is 0 Å². The van der Waals surface area contributed by atoms with E-state index < -0.39 is 23.2 Å². The molecular formula is C14H12F2N2O. The molecule has 98 valence electrons. The molecule has 0 atom stereocenters. The highest BCUT2D eigenvalue weighted by atomic mass is 19.1. The molecule has 3 nitrogen and oxygen atoms in total. The van der Waals surface area contributed by atoms with Gasteiger partial charge in [0.25, 0.3) is 5.91 Å². The second-order valence-corrected chi connectivity index (χ2v) is 4.13. The Morgan fingerprint density at radius 2 is 1.79 bits per heavy atom. The fourth-order valence-corrected chi connectivity index (χ4v) is 1.68. The Bertz CT molecular complexity index is 621. The lowest BCUT2D eigenvalue weighted by Gasteiger charge is -2.10. The van der Waals surface area contributed by atoms with Crippen LogP contribution in [0.2, 0.25) is 0 Å². The molecule has 0 aliphatic heterocycles. The van der Waals surface area contributed by atoms with Crippen LogP contribution < -0.4 is 11.1 Å². The summed E-state index contributed by atoms with van der Waals surface area (Å²) in [6, 6.07) is 8.16. The minimum absolute atomic E-state index is 0.280. The molecule has 0 radical (unpaired) electrons. The van der Waals surface area contributed by atoms with Gasteiger partial charge in [-0.3, -0.25) is 4.79 Å². The minimum atomic E-state index is -0.824. The summed E-state index contributed by atoms with van der Waals surface area (Å²) in [4.78, 5) is 12.0. The highest BCUT2D eigenvalue weighted by Gasteiger charge is 2.15. The summed E-state index contributed by atoms with van der Waals surface area (Å²) >= 11 is 0. The van der Waals surface area contributed by atoms with Crippen LogP contribution in [0.15, 0.2) is 36.4 Å². The first kappa shape index (κ1) is 13.0. The van der Waals surface area contributed by atoms with Crippen molar-refractivity contribution in [2.24, 2.45) is 0 Å². The molecule has 3 N–H and O–H groups in total. The molecule has 0 aromatic heterocycles. The molecule has 0 saturated heterocycles. The second-order valence-electron chi connectivity index (χ2n) is 4.13. The number of nitrogens with one attached hydrogen (secondary N) is 1. The average molecular weight is 262 g/mol. The topological polar surface area (TPSA) is 55.1 Å². The molecule has 2 aromatic rings. The zero-order valence-electron chi connectivity index (χ0n) is 10.2. The number of carbonyl (C=O) groups is 1. The van der Waals surface area contributed by atoms with Crippen molar-refractivity contribution in [1.82, 2.24) is 0 Å². The highest BCUT2D eigenvalue weighted by molar-refractivity contribution is 6.05. The molecule has 5 heteroatoms. The quantitative estimate of drug-likeness (QED) is 0.817. The van der Waals surface area contributed by atoms with Gasteiger partial charge >= 0.3 is 0 Å². The van der Waals surface area contributed by atoms with E-state index in [2.05, 4.69) is 5.32 Å². The van der Waals surface area contributed by atoms with Gasteiger partial charge in [-0.05, 0) is 36.8 Å². The summed E-state index contributed by atoms with van der Waals surface area (Å²) in [7, 11) is 0. The molecule has 2 aromatic carbocycles. The molecule has 0 saturated carbocycles. The first-order valence-electron chi connectivity index (χ1n) is 5.60. The fourth-order valence-electron chi connectivity index (χ4n) is 1.68. The normalized spacial score (nSPS) is 10.3. The minimum Gasteiger partial charge on any atom is -0.399 e. The van der Waals surface area contributed by atoms with Gasteiger partial charge in [0.2, 0.25) is 0 Å². The van der Waals surface area contributed by atoms with E-state index >= 15 is 0 Å². The van der Waals surface area contributed by atoms with Crippen molar-refractivity contribution in [3.63, 3.8) is 0 Å². The monoisotopic (exact) mass is 262 g/mol. The Hall–Kier alpha value is -2.43. The number of hydrogen-bond acceptors (Lipinski definition) is 2. The van der Waals surface area contributed by atoms with E-state index in [0.717, 1.165) is 12.1 Å². The lowest BCUT2D eigenvalue weighted by Crippen LogP contribution is -2.15. The van der Waals surface area contributed by atoms with E-state index in [1.807, 2.05) is 0 Å². The Morgan fingerprint density at radius 3 is 2.42 bits per heavy atom. The Labute approximate surface area is 109 Å². The molecule has 0 heterocycles. The zero-order chi connectivity index (χ0) is 14.0. The van der Waals surface area contributed by atoms with E-state index in [9.17, 15) is 13.6 Å². The number of hydrogen-bond donors (Lipinski definition) is 2. The maximum absolute atomic E-state index is 13.4. The van der Waals surface area contributed by atoms with Crippen molar-refractivity contribution in [1.29, 1.82) is 0 Å². The summed E-state index contributed by atoms with van der Waals surface area (Å²) < 4.78 is 26.9. The van der Waals surface area contributed by atoms with Gasteiger partial charge in [-0.1, -0.05) is 12.1 Å². The maximum Gasteiger partial charge on any atom is 0.256 e. The van der Waals surface area contributed by atoms with Crippen LogP contribution in [0, 0.1) is 18.6 Å². The van der Waals surface area contributed by atoms with Crippen LogP contribution in [0.5, 0.6) is 0 Å².